The number of rotatable bonds is 9. The summed E-state index contributed by atoms with van der Waals surface area (Å²) in [4.78, 5) is 30.7. The lowest BCUT2D eigenvalue weighted by atomic mass is 9.99. The van der Waals surface area contributed by atoms with Gasteiger partial charge in [-0.05, 0) is 55.5 Å². The molecule has 4 rings (SSSR count). The number of hydrogen-bond acceptors (Lipinski definition) is 5. The van der Waals surface area contributed by atoms with Gasteiger partial charge in [0.1, 0.15) is 5.78 Å². The molecule has 2 aliphatic rings. The number of carbonyl (C=O) groups excluding carboxylic acids is 2. The predicted molar refractivity (Wildman–Crippen MR) is 151 cm³/mol. The Morgan fingerprint density at radius 2 is 1.53 bits per heavy atom. The molecule has 0 N–H and O–H groups in total. The van der Waals surface area contributed by atoms with Crippen LogP contribution in [0.3, 0.4) is 0 Å². The number of hydrogen-bond donors (Lipinski definition) is 0. The zero-order valence-electron chi connectivity index (χ0n) is 22.7. The molecule has 1 saturated heterocycles. The van der Waals surface area contributed by atoms with Crippen molar-refractivity contribution in [2.24, 2.45) is 5.92 Å². The van der Waals surface area contributed by atoms with Crippen LogP contribution in [0.4, 0.5) is 0 Å². The standard InChI is InChI=1S/C30H39ClN2O4S/c1-4-38(36,37)28-14-12-23(13-15-28)16-27(34)17-25-10-7-11-26(29(25)31)20-32-18-21(2)33(22(3)19-32)30(35)24-8-5-6-9-24/h7,10-15,21-22,24H,4-6,8-9,16-20H2,1-3H3/t21-,22+. The number of benzene rings is 2. The van der Waals surface area contributed by atoms with Crippen LogP contribution in [-0.2, 0) is 38.8 Å². The maximum atomic E-state index is 13.1. The first-order valence-corrected chi connectivity index (χ1v) is 15.8. The van der Waals surface area contributed by atoms with Gasteiger partial charge in [0, 0.05) is 55.5 Å². The molecule has 8 heteroatoms. The SMILES string of the molecule is CCS(=O)(=O)c1ccc(CC(=O)Cc2cccc(CN3C[C@@H](C)N(C(=O)C4CCCC4)[C@@H](C)C3)c2Cl)cc1. The summed E-state index contributed by atoms with van der Waals surface area (Å²) in [6.45, 7) is 8.16. The maximum Gasteiger partial charge on any atom is 0.226 e. The van der Waals surface area contributed by atoms with Gasteiger partial charge in [-0.3, -0.25) is 14.5 Å². The van der Waals surface area contributed by atoms with Gasteiger partial charge in [0.05, 0.1) is 10.6 Å². The Labute approximate surface area is 232 Å². The smallest absolute Gasteiger partial charge is 0.226 e. The molecule has 1 saturated carbocycles. The summed E-state index contributed by atoms with van der Waals surface area (Å²) < 4.78 is 24.0. The first-order chi connectivity index (χ1) is 18.1. The van der Waals surface area contributed by atoms with Crippen molar-refractivity contribution >= 4 is 33.1 Å². The highest BCUT2D eigenvalue weighted by Gasteiger charge is 2.37. The molecule has 2 aromatic rings. The third-order valence-electron chi connectivity index (χ3n) is 7.96. The van der Waals surface area contributed by atoms with Crippen LogP contribution in [0.5, 0.6) is 0 Å². The van der Waals surface area contributed by atoms with E-state index in [-0.39, 0.29) is 47.3 Å². The van der Waals surface area contributed by atoms with Gasteiger partial charge in [-0.1, -0.05) is 61.7 Å². The number of amides is 1. The second-order valence-corrected chi connectivity index (χ2v) is 13.6. The van der Waals surface area contributed by atoms with Gasteiger partial charge in [0.25, 0.3) is 0 Å². The molecule has 0 spiro atoms. The second-order valence-electron chi connectivity index (χ2n) is 10.9. The Morgan fingerprint density at radius 1 is 0.921 bits per heavy atom. The fourth-order valence-corrected chi connectivity index (χ4v) is 7.13. The molecular weight excluding hydrogens is 520 g/mol. The summed E-state index contributed by atoms with van der Waals surface area (Å²) in [7, 11) is -3.26. The van der Waals surface area contributed by atoms with E-state index in [4.69, 9.17) is 11.6 Å². The molecule has 1 aliphatic heterocycles. The zero-order valence-corrected chi connectivity index (χ0v) is 24.2. The van der Waals surface area contributed by atoms with Crippen molar-refractivity contribution < 1.29 is 18.0 Å². The second kappa shape index (κ2) is 12.3. The van der Waals surface area contributed by atoms with Crippen LogP contribution in [0.1, 0.15) is 63.1 Å². The molecule has 0 aromatic heterocycles. The minimum Gasteiger partial charge on any atom is -0.334 e. The molecule has 2 fully saturated rings. The molecule has 6 nitrogen and oxygen atoms in total. The summed E-state index contributed by atoms with van der Waals surface area (Å²) in [5.41, 5.74) is 2.57. The molecule has 206 valence electrons. The van der Waals surface area contributed by atoms with E-state index in [9.17, 15) is 18.0 Å². The van der Waals surface area contributed by atoms with Gasteiger partial charge >= 0.3 is 0 Å². The highest BCUT2D eigenvalue weighted by atomic mass is 35.5. The minimum atomic E-state index is -3.26. The zero-order chi connectivity index (χ0) is 27.4. The van der Waals surface area contributed by atoms with Crippen LogP contribution < -0.4 is 0 Å². The van der Waals surface area contributed by atoms with Gasteiger partial charge in [0.15, 0.2) is 9.84 Å². The topological polar surface area (TPSA) is 74.8 Å². The third kappa shape index (κ3) is 6.67. The molecule has 2 atom stereocenters. The first kappa shape index (κ1) is 28.8. The van der Waals surface area contributed by atoms with Gasteiger partial charge in [-0.15, -0.1) is 0 Å². The van der Waals surface area contributed by atoms with E-state index in [1.54, 1.807) is 31.2 Å². The van der Waals surface area contributed by atoms with Crippen molar-refractivity contribution in [1.29, 1.82) is 0 Å². The van der Waals surface area contributed by atoms with E-state index in [1.807, 2.05) is 18.2 Å². The number of piperazine rings is 1. The Balaban J connectivity index is 1.36. The van der Waals surface area contributed by atoms with Crippen LogP contribution in [-0.4, -0.2) is 60.8 Å². The summed E-state index contributed by atoms with van der Waals surface area (Å²) in [5.74, 6) is 0.586. The van der Waals surface area contributed by atoms with Crippen LogP contribution in [0.2, 0.25) is 5.02 Å². The number of Topliss-reactive ketones (excluding diaryl/α,β-unsaturated/α-hetero) is 1. The van der Waals surface area contributed by atoms with Crippen molar-refractivity contribution in [3.05, 3.63) is 64.2 Å². The largest absolute Gasteiger partial charge is 0.334 e. The van der Waals surface area contributed by atoms with Crippen molar-refractivity contribution in [2.45, 2.75) is 82.8 Å². The lowest BCUT2D eigenvalue weighted by Gasteiger charge is -2.45. The lowest BCUT2D eigenvalue weighted by molar-refractivity contribution is -0.143. The van der Waals surface area contributed by atoms with Gasteiger partial charge < -0.3 is 4.90 Å². The molecule has 1 heterocycles. The van der Waals surface area contributed by atoms with E-state index in [0.717, 1.165) is 55.5 Å². The Bertz CT molecular complexity index is 1240. The van der Waals surface area contributed by atoms with Gasteiger partial charge in [0.2, 0.25) is 5.91 Å². The van der Waals surface area contributed by atoms with Crippen LogP contribution in [0.25, 0.3) is 0 Å². The highest BCUT2D eigenvalue weighted by molar-refractivity contribution is 7.91. The molecule has 2 aromatic carbocycles. The van der Waals surface area contributed by atoms with E-state index < -0.39 is 9.84 Å². The Hall–Kier alpha value is -2.22. The van der Waals surface area contributed by atoms with Crippen LogP contribution >= 0.6 is 11.6 Å². The van der Waals surface area contributed by atoms with Gasteiger partial charge in [-0.25, -0.2) is 8.42 Å². The maximum absolute atomic E-state index is 13.1. The molecular formula is C30H39ClN2O4S. The predicted octanol–water partition coefficient (Wildman–Crippen LogP) is 5.10. The summed E-state index contributed by atoms with van der Waals surface area (Å²) in [5, 5.41) is 0.620. The number of carbonyl (C=O) groups is 2. The Morgan fingerprint density at radius 3 is 2.13 bits per heavy atom. The summed E-state index contributed by atoms with van der Waals surface area (Å²) >= 11 is 6.79. The number of sulfone groups is 1. The summed E-state index contributed by atoms with van der Waals surface area (Å²) in [6, 6.07) is 12.7. The lowest BCUT2D eigenvalue weighted by Crippen LogP contribution is -2.59. The Kier molecular flexibility index (Phi) is 9.32. The minimum absolute atomic E-state index is 0.0245. The summed E-state index contributed by atoms with van der Waals surface area (Å²) in [6.07, 6.45) is 4.80. The quantitative estimate of drug-likeness (QED) is 0.428. The fraction of sp³-hybridized carbons (Fsp3) is 0.533. The van der Waals surface area contributed by atoms with Gasteiger partial charge in [-0.2, -0.15) is 0 Å². The van der Waals surface area contributed by atoms with E-state index in [1.165, 1.54) is 0 Å². The normalized spacial score (nSPS) is 21.1. The fourth-order valence-electron chi connectivity index (χ4n) is 6.00. The molecule has 0 unspecified atom stereocenters. The van der Waals surface area contributed by atoms with E-state index in [2.05, 4.69) is 23.6 Å². The molecule has 38 heavy (non-hydrogen) atoms. The van der Waals surface area contributed by atoms with Crippen molar-refractivity contribution in [3.63, 3.8) is 0 Å². The first-order valence-electron chi connectivity index (χ1n) is 13.7. The number of ketones is 1. The van der Waals surface area contributed by atoms with Crippen molar-refractivity contribution in [2.75, 3.05) is 18.8 Å². The van der Waals surface area contributed by atoms with Crippen LogP contribution in [0, 0.1) is 5.92 Å². The average Bonchev–Trinajstić information content (AvgIpc) is 3.41. The van der Waals surface area contributed by atoms with E-state index >= 15 is 0 Å². The third-order valence-corrected chi connectivity index (χ3v) is 10.2. The van der Waals surface area contributed by atoms with Crippen molar-refractivity contribution in [3.8, 4) is 0 Å². The molecule has 0 radical (unpaired) electrons. The average molecular weight is 559 g/mol. The monoisotopic (exact) mass is 558 g/mol. The molecule has 0 bridgehead atoms. The number of nitrogens with zero attached hydrogens (tertiary/aromatic N) is 2. The highest BCUT2D eigenvalue weighted by Crippen LogP contribution is 2.30. The number of halogens is 1. The van der Waals surface area contributed by atoms with Crippen molar-refractivity contribution in [1.82, 2.24) is 9.80 Å². The molecule has 1 aliphatic carbocycles. The van der Waals surface area contributed by atoms with E-state index in [0.29, 0.717) is 17.5 Å². The molecule has 1 amide bonds. The van der Waals surface area contributed by atoms with Crippen LogP contribution in [0.15, 0.2) is 47.4 Å².